The summed E-state index contributed by atoms with van der Waals surface area (Å²) in [4.78, 5) is 27.9. The van der Waals surface area contributed by atoms with Crippen LogP contribution in [0.1, 0.15) is 34.6 Å². The molecule has 3 aromatic rings. The Morgan fingerprint density at radius 3 is 2.82 bits per heavy atom. The number of nitriles is 1. The molecule has 33 heavy (non-hydrogen) atoms. The van der Waals surface area contributed by atoms with Crippen LogP contribution in [0.3, 0.4) is 0 Å². The van der Waals surface area contributed by atoms with Gasteiger partial charge in [0.15, 0.2) is 5.75 Å². The van der Waals surface area contributed by atoms with Crippen LogP contribution in [0.5, 0.6) is 5.75 Å². The molecule has 2 aromatic heterocycles. The molecule has 0 spiro atoms. The third-order valence-electron chi connectivity index (χ3n) is 5.50. The first kappa shape index (κ1) is 22.2. The summed E-state index contributed by atoms with van der Waals surface area (Å²) >= 11 is 0. The van der Waals surface area contributed by atoms with Gasteiger partial charge in [-0.2, -0.15) is 5.26 Å². The van der Waals surface area contributed by atoms with E-state index >= 15 is 0 Å². The summed E-state index contributed by atoms with van der Waals surface area (Å²) in [7, 11) is 1.44. The van der Waals surface area contributed by atoms with Crippen molar-refractivity contribution >= 4 is 28.4 Å². The number of anilines is 2. The zero-order chi connectivity index (χ0) is 23.5. The summed E-state index contributed by atoms with van der Waals surface area (Å²) in [5.41, 5.74) is 7.00. The van der Waals surface area contributed by atoms with Crippen LogP contribution in [0.25, 0.3) is 10.9 Å². The van der Waals surface area contributed by atoms with Crippen molar-refractivity contribution in [2.45, 2.75) is 13.0 Å². The van der Waals surface area contributed by atoms with E-state index in [1.807, 2.05) is 6.07 Å². The molecule has 1 fully saturated rings. The zero-order valence-electron chi connectivity index (χ0n) is 18.2. The minimum absolute atomic E-state index is 0.0469. The molecule has 1 aromatic carbocycles. The Morgan fingerprint density at radius 2 is 2.12 bits per heavy atom. The summed E-state index contributed by atoms with van der Waals surface area (Å²) in [5.74, 6) is -0.225. The SMILES string of the molecule is COc1c(C(C)Nc2ncnc(N)c2C#N)nc2ccc(F)cc2c1C(=O)N1CCNCC1. The number of hydrogen-bond donors (Lipinski definition) is 3. The first-order valence-corrected chi connectivity index (χ1v) is 10.4. The van der Waals surface area contributed by atoms with E-state index in [9.17, 15) is 14.4 Å². The van der Waals surface area contributed by atoms with Crippen molar-refractivity contribution in [3.8, 4) is 11.8 Å². The Kier molecular flexibility index (Phi) is 6.19. The molecule has 0 bridgehead atoms. The van der Waals surface area contributed by atoms with Crippen LogP contribution in [0.15, 0.2) is 24.5 Å². The van der Waals surface area contributed by atoms with E-state index in [-0.39, 0.29) is 34.4 Å². The molecule has 4 rings (SSSR count). The van der Waals surface area contributed by atoms with Gasteiger partial charge in [0.2, 0.25) is 0 Å². The first-order valence-electron chi connectivity index (χ1n) is 10.4. The molecule has 0 saturated carbocycles. The lowest BCUT2D eigenvalue weighted by Crippen LogP contribution is -2.46. The summed E-state index contributed by atoms with van der Waals surface area (Å²) in [6.45, 7) is 4.18. The smallest absolute Gasteiger partial charge is 0.258 e. The summed E-state index contributed by atoms with van der Waals surface area (Å²) < 4.78 is 19.8. The second-order valence-electron chi connectivity index (χ2n) is 7.57. The average molecular weight is 450 g/mol. The Labute approximate surface area is 189 Å². The van der Waals surface area contributed by atoms with Gasteiger partial charge in [-0.15, -0.1) is 0 Å². The van der Waals surface area contributed by atoms with E-state index in [4.69, 9.17) is 10.5 Å². The number of nitrogen functional groups attached to an aromatic ring is 1. The molecule has 1 unspecified atom stereocenters. The van der Waals surface area contributed by atoms with E-state index in [2.05, 4.69) is 25.6 Å². The molecule has 1 atom stereocenters. The Balaban J connectivity index is 1.85. The molecule has 4 N–H and O–H groups in total. The first-order chi connectivity index (χ1) is 15.9. The lowest BCUT2D eigenvalue weighted by Gasteiger charge is -2.29. The molecular formula is C22H23FN8O2. The fraction of sp³-hybridized carbons (Fsp3) is 0.318. The fourth-order valence-corrected chi connectivity index (χ4v) is 3.87. The predicted molar refractivity (Wildman–Crippen MR) is 120 cm³/mol. The van der Waals surface area contributed by atoms with E-state index < -0.39 is 11.9 Å². The van der Waals surface area contributed by atoms with Gasteiger partial charge in [-0.05, 0) is 25.1 Å². The van der Waals surface area contributed by atoms with Gasteiger partial charge in [-0.25, -0.2) is 19.3 Å². The number of nitrogens with two attached hydrogens (primary N) is 1. The Hall–Kier alpha value is -4.04. The number of ether oxygens (including phenoxy) is 1. The van der Waals surface area contributed by atoms with Gasteiger partial charge < -0.3 is 26.0 Å². The lowest BCUT2D eigenvalue weighted by molar-refractivity contribution is 0.0734. The van der Waals surface area contributed by atoms with Gasteiger partial charge in [0.25, 0.3) is 5.91 Å². The number of halogens is 1. The number of piperazine rings is 1. The molecule has 0 radical (unpaired) electrons. The summed E-state index contributed by atoms with van der Waals surface area (Å²) in [5, 5.41) is 16.1. The van der Waals surface area contributed by atoms with Crippen LogP contribution in [0, 0.1) is 17.1 Å². The third kappa shape index (κ3) is 4.20. The molecule has 0 aliphatic carbocycles. The van der Waals surface area contributed by atoms with Crippen LogP contribution in [0.2, 0.25) is 0 Å². The van der Waals surface area contributed by atoms with Gasteiger partial charge in [-0.1, -0.05) is 0 Å². The van der Waals surface area contributed by atoms with E-state index in [1.165, 1.54) is 31.6 Å². The van der Waals surface area contributed by atoms with E-state index in [0.29, 0.717) is 42.8 Å². The Bertz CT molecular complexity index is 1250. The second-order valence-corrected chi connectivity index (χ2v) is 7.57. The van der Waals surface area contributed by atoms with Crippen molar-refractivity contribution in [3.63, 3.8) is 0 Å². The third-order valence-corrected chi connectivity index (χ3v) is 5.50. The highest BCUT2D eigenvalue weighted by Gasteiger charge is 2.29. The Morgan fingerprint density at radius 1 is 1.36 bits per heavy atom. The minimum Gasteiger partial charge on any atom is -0.494 e. The van der Waals surface area contributed by atoms with Gasteiger partial charge in [-0.3, -0.25) is 4.79 Å². The van der Waals surface area contributed by atoms with Crippen LogP contribution in [-0.2, 0) is 0 Å². The van der Waals surface area contributed by atoms with Gasteiger partial charge in [0.05, 0.1) is 24.2 Å². The molecule has 1 aliphatic heterocycles. The van der Waals surface area contributed by atoms with Crippen LogP contribution >= 0.6 is 0 Å². The van der Waals surface area contributed by atoms with Gasteiger partial charge >= 0.3 is 0 Å². The molecule has 1 amide bonds. The number of hydrogen-bond acceptors (Lipinski definition) is 9. The summed E-state index contributed by atoms with van der Waals surface area (Å²) in [6, 6.07) is 5.56. The number of fused-ring (bicyclic) bond motifs is 1. The number of nitrogens with zero attached hydrogens (tertiary/aromatic N) is 5. The molecular weight excluding hydrogens is 427 g/mol. The van der Waals surface area contributed by atoms with Crippen molar-refractivity contribution in [3.05, 3.63) is 47.2 Å². The highest BCUT2D eigenvalue weighted by Crippen LogP contribution is 2.36. The predicted octanol–water partition coefficient (Wildman–Crippen LogP) is 1.84. The van der Waals surface area contributed by atoms with Crippen LogP contribution in [0.4, 0.5) is 16.0 Å². The number of nitrogens with one attached hydrogen (secondary N) is 2. The molecule has 11 heteroatoms. The average Bonchev–Trinajstić information content (AvgIpc) is 2.83. The second kappa shape index (κ2) is 9.22. The number of methoxy groups -OCH3 is 1. The summed E-state index contributed by atoms with van der Waals surface area (Å²) in [6.07, 6.45) is 1.25. The number of aromatic nitrogens is 3. The van der Waals surface area contributed by atoms with E-state index in [1.54, 1.807) is 11.8 Å². The quantitative estimate of drug-likeness (QED) is 0.531. The maximum atomic E-state index is 14.2. The van der Waals surface area contributed by atoms with Crippen LogP contribution < -0.4 is 21.1 Å². The van der Waals surface area contributed by atoms with Gasteiger partial charge in [0.1, 0.15) is 41.1 Å². The molecule has 170 valence electrons. The fourth-order valence-electron chi connectivity index (χ4n) is 3.87. The number of pyridine rings is 1. The largest absolute Gasteiger partial charge is 0.494 e. The monoisotopic (exact) mass is 450 g/mol. The van der Waals surface area contributed by atoms with Crippen molar-refractivity contribution in [2.24, 2.45) is 0 Å². The number of carbonyl (C=O) groups excluding carboxylic acids is 1. The van der Waals surface area contributed by atoms with Crippen molar-refractivity contribution in [1.29, 1.82) is 5.26 Å². The topological polar surface area (TPSA) is 142 Å². The van der Waals surface area contributed by atoms with E-state index in [0.717, 1.165) is 0 Å². The lowest BCUT2D eigenvalue weighted by atomic mass is 10.0. The molecule has 10 nitrogen and oxygen atoms in total. The zero-order valence-corrected chi connectivity index (χ0v) is 18.2. The van der Waals surface area contributed by atoms with Gasteiger partial charge in [0, 0.05) is 31.6 Å². The maximum absolute atomic E-state index is 14.2. The number of rotatable bonds is 5. The highest BCUT2D eigenvalue weighted by atomic mass is 19.1. The minimum atomic E-state index is -0.537. The van der Waals surface area contributed by atoms with Crippen molar-refractivity contribution < 1.29 is 13.9 Å². The molecule has 3 heterocycles. The maximum Gasteiger partial charge on any atom is 0.258 e. The number of carbonyl (C=O) groups is 1. The highest BCUT2D eigenvalue weighted by molar-refractivity contribution is 6.09. The van der Waals surface area contributed by atoms with Crippen molar-refractivity contribution in [2.75, 3.05) is 44.3 Å². The van der Waals surface area contributed by atoms with Crippen molar-refractivity contribution in [1.82, 2.24) is 25.2 Å². The normalized spacial score (nSPS) is 14.5. The number of amides is 1. The standard InChI is InChI=1S/C22H23FN8O2/c1-12(29-21-15(10-24)20(25)27-11-28-21)18-19(33-2)17(22(32)31-7-5-26-6-8-31)14-9-13(23)3-4-16(14)30-18/h3-4,9,11-12,26H,5-8H2,1-2H3,(H3,25,27,28,29). The van der Waals surface area contributed by atoms with Crippen LogP contribution in [-0.4, -0.2) is 59.0 Å². The number of benzene rings is 1. The molecule has 1 saturated heterocycles. The molecule has 1 aliphatic rings.